The lowest BCUT2D eigenvalue weighted by Gasteiger charge is -2.22. The van der Waals surface area contributed by atoms with Crippen molar-refractivity contribution in [2.45, 2.75) is 238 Å². The fourth-order valence-corrected chi connectivity index (χ4v) is 7.31. The van der Waals surface area contributed by atoms with Crippen LogP contribution in [0.1, 0.15) is 219 Å². The van der Waals surface area contributed by atoms with Crippen molar-refractivity contribution in [2.24, 2.45) is 0 Å². The highest BCUT2D eigenvalue weighted by Crippen LogP contribution is 2.16. The van der Waals surface area contributed by atoms with Gasteiger partial charge in [0.1, 0.15) is 6.10 Å². The number of aliphatic hydroxyl groups is 2. The molecular formula is C41H81NO6S. The third-order valence-corrected chi connectivity index (χ3v) is 10.6. The summed E-state index contributed by atoms with van der Waals surface area (Å²) in [7, 11) is -4.44. The zero-order chi connectivity index (χ0) is 36.3. The SMILES string of the molecule is CCCCCCCCCCCCCCCCCCC/C=C/C(O)C(CS(=O)(=O)O)NC(=O)C(O)CCCCCCCCCCCCCCC. The van der Waals surface area contributed by atoms with E-state index >= 15 is 0 Å². The lowest BCUT2D eigenvalue weighted by molar-refractivity contribution is -0.130. The highest BCUT2D eigenvalue weighted by Gasteiger charge is 2.27. The molecule has 7 nitrogen and oxygen atoms in total. The Balaban J connectivity index is 3.99. The van der Waals surface area contributed by atoms with E-state index in [-0.39, 0.29) is 6.42 Å². The maximum Gasteiger partial charge on any atom is 0.267 e. The van der Waals surface area contributed by atoms with E-state index < -0.39 is 40.0 Å². The first kappa shape index (κ1) is 48.0. The van der Waals surface area contributed by atoms with Crippen LogP contribution in [0.5, 0.6) is 0 Å². The molecule has 0 aromatic rings. The number of carbonyl (C=O) groups is 1. The molecule has 0 saturated carbocycles. The predicted octanol–water partition coefficient (Wildman–Crippen LogP) is 11.2. The Morgan fingerprint density at radius 2 is 0.878 bits per heavy atom. The molecule has 0 heterocycles. The predicted molar refractivity (Wildman–Crippen MR) is 209 cm³/mol. The van der Waals surface area contributed by atoms with Gasteiger partial charge in [0.2, 0.25) is 5.91 Å². The number of aliphatic hydroxyl groups excluding tert-OH is 2. The van der Waals surface area contributed by atoms with Crippen LogP contribution in [0, 0.1) is 0 Å². The van der Waals surface area contributed by atoms with E-state index in [1.165, 1.54) is 160 Å². The highest BCUT2D eigenvalue weighted by molar-refractivity contribution is 7.85. The Morgan fingerprint density at radius 1 is 0.551 bits per heavy atom. The minimum Gasteiger partial charge on any atom is -0.387 e. The van der Waals surface area contributed by atoms with Gasteiger partial charge in [-0.2, -0.15) is 8.42 Å². The summed E-state index contributed by atoms with van der Waals surface area (Å²) in [6.07, 6.45) is 39.8. The van der Waals surface area contributed by atoms with E-state index in [2.05, 4.69) is 19.2 Å². The average molecular weight is 716 g/mol. The summed E-state index contributed by atoms with van der Waals surface area (Å²) in [6, 6.07) is -1.23. The topological polar surface area (TPSA) is 124 Å². The first-order valence-corrected chi connectivity index (χ1v) is 22.6. The molecule has 0 radical (unpaired) electrons. The Morgan fingerprint density at radius 3 is 1.22 bits per heavy atom. The molecule has 0 saturated heterocycles. The summed E-state index contributed by atoms with van der Waals surface area (Å²) in [5, 5.41) is 23.4. The van der Waals surface area contributed by atoms with Crippen LogP contribution in [-0.2, 0) is 14.9 Å². The Hall–Kier alpha value is -0.960. The van der Waals surface area contributed by atoms with Crippen molar-refractivity contribution < 1.29 is 28.0 Å². The van der Waals surface area contributed by atoms with E-state index in [0.29, 0.717) is 6.42 Å². The number of hydrogen-bond donors (Lipinski definition) is 4. The van der Waals surface area contributed by atoms with Crippen LogP contribution < -0.4 is 5.32 Å². The Labute approximate surface area is 304 Å². The van der Waals surface area contributed by atoms with Crippen LogP contribution in [0.15, 0.2) is 12.2 Å². The van der Waals surface area contributed by atoms with Gasteiger partial charge in [-0.15, -0.1) is 0 Å². The molecule has 0 aromatic heterocycles. The minimum absolute atomic E-state index is 0.285. The molecule has 0 aromatic carbocycles. The fraction of sp³-hybridized carbons (Fsp3) is 0.927. The van der Waals surface area contributed by atoms with E-state index in [0.717, 1.165) is 38.5 Å². The third-order valence-electron chi connectivity index (χ3n) is 9.82. The highest BCUT2D eigenvalue weighted by atomic mass is 32.2. The smallest absolute Gasteiger partial charge is 0.267 e. The van der Waals surface area contributed by atoms with Gasteiger partial charge in [0.25, 0.3) is 10.1 Å². The second-order valence-electron chi connectivity index (χ2n) is 14.8. The second kappa shape index (κ2) is 35.4. The molecule has 3 atom stereocenters. The largest absolute Gasteiger partial charge is 0.387 e. The molecule has 292 valence electrons. The van der Waals surface area contributed by atoms with Crippen LogP contribution in [0.2, 0.25) is 0 Å². The van der Waals surface area contributed by atoms with E-state index in [1.54, 1.807) is 0 Å². The summed E-state index contributed by atoms with van der Waals surface area (Å²) >= 11 is 0. The van der Waals surface area contributed by atoms with Gasteiger partial charge in [0, 0.05) is 0 Å². The number of carbonyl (C=O) groups excluding carboxylic acids is 1. The molecule has 0 aliphatic rings. The van der Waals surface area contributed by atoms with Crippen molar-refractivity contribution in [3.63, 3.8) is 0 Å². The summed E-state index contributed by atoms with van der Waals surface area (Å²) < 4.78 is 32.5. The Bertz CT molecular complexity index is 849. The molecule has 49 heavy (non-hydrogen) atoms. The molecule has 0 fully saturated rings. The number of amides is 1. The van der Waals surface area contributed by atoms with E-state index in [9.17, 15) is 28.0 Å². The van der Waals surface area contributed by atoms with Gasteiger partial charge < -0.3 is 15.5 Å². The second-order valence-corrected chi connectivity index (χ2v) is 16.3. The number of rotatable bonds is 38. The lowest BCUT2D eigenvalue weighted by atomic mass is 10.0. The number of unbranched alkanes of at least 4 members (excludes halogenated alkanes) is 29. The standard InChI is InChI=1S/C41H81NO6S/c1-3-5-7-9-11-13-15-17-18-19-20-21-22-24-25-27-29-31-33-35-39(43)38(37-49(46,47)48)42-41(45)40(44)36-34-32-30-28-26-23-16-14-12-10-8-6-4-2/h33,35,38-40,43-44H,3-32,34,36-37H2,1-2H3,(H,42,45)(H,46,47,48)/b35-33+. The molecular weight excluding hydrogens is 635 g/mol. The van der Waals surface area contributed by atoms with Crippen molar-refractivity contribution >= 4 is 16.0 Å². The first-order chi connectivity index (χ1) is 23.7. The lowest BCUT2D eigenvalue weighted by Crippen LogP contribution is -2.50. The van der Waals surface area contributed by atoms with Crippen LogP contribution >= 0.6 is 0 Å². The molecule has 0 aliphatic heterocycles. The minimum atomic E-state index is -4.44. The molecule has 0 bridgehead atoms. The van der Waals surface area contributed by atoms with Gasteiger partial charge >= 0.3 is 0 Å². The quantitative estimate of drug-likeness (QED) is 0.0286. The van der Waals surface area contributed by atoms with Crippen molar-refractivity contribution in [3.05, 3.63) is 12.2 Å². The molecule has 0 rings (SSSR count). The number of allylic oxidation sites excluding steroid dienone is 1. The number of nitrogens with one attached hydrogen (secondary N) is 1. The Kier molecular flexibility index (Phi) is 34.7. The van der Waals surface area contributed by atoms with E-state index in [1.807, 2.05) is 6.08 Å². The zero-order valence-electron chi connectivity index (χ0n) is 32.2. The van der Waals surface area contributed by atoms with Crippen LogP contribution in [-0.4, -0.2) is 53.1 Å². The maximum atomic E-state index is 12.6. The van der Waals surface area contributed by atoms with Crippen molar-refractivity contribution in [1.29, 1.82) is 0 Å². The van der Waals surface area contributed by atoms with Gasteiger partial charge in [0.05, 0.1) is 17.9 Å². The summed E-state index contributed by atoms with van der Waals surface area (Å²) in [5.41, 5.74) is 0. The zero-order valence-corrected chi connectivity index (χ0v) is 33.0. The van der Waals surface area contributed by atoms with Gasteiger partial charge in [-0.05, 0) is 19.3 Å². The van der Waals surface area contributed by atoms with E-state index in [4.69, 9.17) is 0 Å². The van der Waals surface area contributed by atoms with Gasteiger partial charge in [0.15, 0.2) is 0 Å². The first-order valence-electron chi connectivity index (χ1n) is 21.0. The van der Waals surface area contributed by atoms with Gasteiger partial charge in [-0.25, -0.2) is 0 Å². The molecule has 1 amide bonds. The fourth-order valence-electron chi connectivity index (χ4n) is 6.57. The third kappa shape index (κ3) is 35.2. The monoisotopic (exact) mass is 716 g/mol. The molecule has 3 unspecified atom stereocenters. The molecule has 0 aliphatic carbocycles. The average Bonchev–Trinajstić information content (AvgIpc) is 3.06. The van der Waals surface area contributed by atoms with Gasteiger partial charge in [-0.1, -0.05) is 212 Å². The van der Waals surface area contributed by atoms with Crippen LogP contribution in [0.25, 0.3) is 0 Å². The van der Waals surface area contributed by atoms with Gasteiger partial charge in [-0.3, -0.25) is 9.35 Å². The van der Waals surface area contributed by atoms with Crippen molar-refractivity contribution in [3.8, 4) is 0 Å². The molecule has 0 spiro atoms. The summed E-state index contributed by atoms with van der Waals surface area (Å²) in [6.45, 7) is 4.51. The van der Waals surface area contributed by atoms with Crippen LogP contribution in [0.4, 0.5) is 0 Å². The molecule has 4 N–H and O–H groups in total. The normalized spacial score (nSPS) is 14.0. The maximum absolute atomic E-state index is 12.6. The molecule has 8 heteroatoms. The number of hydrogen-bond acceptors (Lipinski definition) is 5. The van der Waals surface area contributed by atoms with Crippen LogP contribution in [0.3, 0.4) is 0 Å². The summed E-state index contributed by atoms with van der Waals surface area (Å²) in [4.78, 5) is 12.6. The van der Waals surface area contributed by atoms with Crippen molar-refractivity contribution in [2.75, 3.05) is 5.75 Å². The van der Waals surface area contributed by atoms with Crippen molar-refractivity contribution in [1.82, 2.24) is 5.32 Å². The summed E-state index contributed by atoms with van der Waals surface area (Å²) in [5.74, 6) is -1.53.